The van der Waals surface area contributed by atoms with Crippen molar-refractivity contribution in [3.63, 3.8) is 0 Å². The maximum Gasteiger partial charge on any atom is 0.0825 e. The van der Waals surface area contributed by atoms with Gasteiger partial charge in [0.25, 0.3) is 0 Å². The highest BCUT2D eigenvalue weighted by Crippen LogP contribution is 2.28. The summed E-state index contributed by atoms with van der Waals surface area (Å²) in [6, 6.07) is 10.3. The summed E-state index contributed by atoms with van der Waals surface area (Å²) in [5.41, 5.74) is 3.34. The van der Waals surface area contributed by atoms with Crippen LogP contribution in [0.2, 0.25) is 0 Å². The number of aliphatic hydroxyl groups excluding tert-OH is 2. The molecule has 0 spiro atoms. The fraction of sp³-hybridized carbons (Fsp3) is 0.440. The lowest BCUT2D eigenvalue weighted by atomic mass is 9.97. The van der Waals surface area contributed by atoms with E-state index < -0.39 is 5.60 Å². The molecule has 0 radical (unpaired) electrons. The molecule has 0 aliphatic carbocycles. The molecule has 0 bridgehead atoms. The van der Waals surface area contributed by atoms with Gasteiger partial charge in [-0.3, -0.25) is 0 Å². The molecule has 0 aliphatic rings. The number of hydrogen-bond donors (Lipinski definition) is 3. The van der Waals surface area contributed by atoms with Crippen LogP contribution in [0.15, 0.2) is 48.6 Å². The minimum atomic E-state index is -0.713. The van der Waals surface area contributed by atoms with Crippen molar-refractivity contribution in [3.8, 4) is 0 Å². The van der Waals surface area contributed by atoms with E-state index >= 15 is 0 Å². The molecule has 0 atom stereocenters. The monoisotopic (exact) mass is 414 g/mol. The zero-order valence-electron chi connectivity index (χ0n) is 17.8. The third-order valence-corrected chi connectivity index (χ3v) is 6.78. The maximum atomic E-state index is 10.4. The second-order valence-corrected chi connectivity index (χ2v) is 8.57. The number of benzene rings is 1. The van der Waals surface area contributed by atoms with Gasteiger partial charge in [-0.05, 0) is 66.5 Å². The van der Waals surface area contributed by atoms with Crippen molar-refractivity contribution in [3.05, 3.63) is 75.0 Å². The Balaban J connectivity index is 2.05. The van der Waals surface area contributed by atoms with E-state index in [-0.39, 0.29) is 13.2 Å². The summed E-state index contributed by atoms with van der Waals surface area (Å²) in [5.74, 6) is 0. The average molecular weight is 415 g/mol. The van der Waals surface area contributed by atoms with Gasteiger partial charge in [0.1, 0.15) is 0 Å². The SMILES string of the molecule is CC/C(=C\C=C\C(O)(CC)CC)c1ccc(CCc2ccc(CO)c(CO)c2)s1. The molecule has 1 heterocycles. The molecule has 2 aromatic rings. The molecular formula is C25H34O3S. The highest BCUT2D eigenvalue weighted by molar-refractivity contribution is 7.13. The van der Waals surface area contributed by atoms with Crippen molar-refractivity contribution >= 4 is 16.9 Å². The van der Waals surface area contributed by atoms with Crippen LogP contribution in [-0.4, -0.2) is 20.9 Å². The molecule has 0 saturated carbocycles. The first-order valence-corrected chi connectivity index (χ1v) is 11.3. The van der Waals surface area contributed by atoms with Gasteiger partial charge >= 0.3 is 0 Å². The van der Waals surface area contributed by atoms with Crippen LogP contribution >= 0.6 is 11.3 Å². The minimum Gasteiger partial charge on any atom is -0.392 e. The smallest absolute Gasteiger partial charge is 0.0825 e. The van der Waals surface area contributed by atoms with Gasteiger partial charge in [-0.15, -0.1) is 11.3 Å². The van der Waals surface area contributed by atoms with Gasteiger partial charge in [-0.25, -0.2) is 0 Å². The molecule has 0 fully saturated rings. The summed E-state index contributed by atoms with van der Waals surface area (Å²) >= 11 is 1.82. The first-order valence-electron chi connectivity index (χ1n) is 10.5. The fourth-order valence-corrected chi connectivity index (χ4v) is 4.39. The number of rotatable bonds is 11. The zero-order valence-corrected chi connectivity index (χ0v) is 18.6. The summed E-state index contributed by atoms with van der Waals surface area (Å²) in [6.45, 7) is 6.08. The topological polar surface area (TPSA) is 60.7 Å². The van der Waals surface area contributed by atoms with Gasteiger partial charge in [0, 0.05) is 9.75 Å². The number of allylic oxidation sites excluding steroid dienone is 3. The van der Waals surface area contributed by atoms with Crippen LogP contribution in [0.1, 0.15) is 66.5 Å². The second kappa shape index (κ2) is 11.5. The summed E-state index contributed by atoms with van der Waals surface area (Å²) in [5, 5.41) is 29.2. The van der Waals surface area contributed by atoms with Crippen molar-refractivity contribution < 1.29 is 15.3 Å². The highest BCUT2D eigenvalue weighted by atomic mass is 32.1. The van der Waals surface area contributed by atoms with E-state index in [1.165, 1.54) is 20.9 Å². The summed E-state index contributed by atoms with van der Waals surface area (Å²) in [4.78, 5) is 2.61. The first-order chi connectivity index (χ1) is 14.0. The van der Waals surface area contributed by atoms with E-state index in [0.29, 0.717) is 0 Å². The third kappa shape index (κ3) is 6.65. The Morgan fingerprint density at radius 3 is 2.31 bits per heavy atom. The van der Waals surface area contributed by atoms with Gasteiger partial charge in [0.15, 0.2) is 0 Å². The number of thiophene rings is 1. The molecule has 1 aromatic carbocycles. The Labute approximate surface area is 179 Å². The molecule has 3 N–H and O–H groups in total. The Bertz CT molecular complexity index is 828. The Morgan fingerprint density at radius 2 is 1.69 bits per heavy atom. The fourth-order valence-electron chi connectivity index (χ4n) is 3.29. The molecule has 158 valence electrons. The van der Waals surface area contributed by atoms with Crippen LogP contribution in [0.3, 0.4) is 0 Å². The molecule has 4 heteroatoms. The normalized spacial score (nSPS) is 12.8. The van der Waals surface area contributed by atoms with Crippen LogP contribution in [0.4, 0.5) is 0 Å². The van der Waals surface area contributed by atoms with Crippen LogP contribution in [0, 0.1) is 0 Å². The molecule has 0 saturated heterocycles. The number of aliphatic hydroxyl groups is 3. The van der Waals surface area contributed by atoms with E-state index in [9.17, 15) is 15.3 Å². The van der Waals surface area contributed by atoms with E-state index in [2.05, 4.69) is 25.1 Å². The predicted molar refractivity (Wildman–Crippen MR) is 123 cm³/mol. The van der Waals surface area contributed by atoms with E-state index in [0.717, 1.165) is 43.2 Å². The van der Waals surface area contributed by atoms with Gasteiger partial charge in [0.05, 0.1) is 18.8 Å². The number of hydrogen-bond acceptors (Lipinski definition) is 4. The Morgan fingerprint density at radius 1 is 0.966 bits per heavy atom. The van der Waals surface area contributed by atoms with Gasteiger partial charge in [-0.2, -0.15) is 0 Å². The summed E-state index contributed by atoms with van der Waals surface area (Å²) in [7, 11) is 0. The van der Waals surface area contributed by atoms with Gasteiger partial charge in [-0.1, -0.05) is 57.2 Å². The standard InChI is InChI=1S/C25H34O3S/c1-4-20(8-7-15-25(28,5-2)6-3)24-14-13-23(29-24)12-10-19-9-11-21(17-26)22(16-19)18-27/h7-9,11,13-16,26-28H,4-6,10,12,17-18H2,1-3H3/b15-7+,20-8+. The summed E-state index contributed by atoms with van der Waals surface area (Å²) < 4.78 is 0. The first kappa shape index (κ1) is 23.6. The van der Waals surface area contributed by atoms with E-state index in [1.54, 1.807) is 0 Å². The van der Waals surface area contributed by atoms with Crippen molar-refractivity contribution in [2.24, 2.45) is 0 Å². The van der Waals surface area contributed by atoms with Crippen molar-refractivity contribution in [1.82, 2.24) is 0 Å². The van der Waals surface area contributed by atoms with Crippen LogP contribution in [0.5, 0.6) is 0 Å². The molecule has 2 rings (SSSR count). The van der Waals surface area contributed by atoms with Crippen LogP contribution < -0.4 is 0 Å². The molecule has 0 unspecified atom stereocenters. The quantitative estimate of drug-likeness (QED) is 0.430. The highest BCUT2D eigenvalue weighted by Gasteiger charge is 2.17. The van der Waals surface area contributed by atoms with E-state index in [1.807, 2.05) is 55.5 Å². The van der Waals surface area contributed by atoms with Gasteiger partial charge < -0.3 is 15.3 Å². The van der Waals surface area contributed by atoms with Crippen LogP contribution in [-0.2, 0) is 26.1 Å². The second-order valence-electron chi connectivity index (χ2n) is 7.40. The lowest BCUT2D eigenvalue weighted by Crippen LogP contribution is -2.22. The Kier molecular flexibility index (Phi) is 9.31. The van der Waals surface area contributed by atoms with Crippen molar-refractivity contribution in [2.45, 2.75) is 71.7 Å². The lowest BCUT2D eigenvalue weighted by Gasteiger charge is -2.19. The molecule has 0 aliphatic heterocycles. The molecule has 0 amide bonds. The maximum absolute atomic E-state index is 10.4. The number of aryl methyl sites for hydroxylation is 2. The summed E-state index contributed by atoms with van der Waals surface area (Å²) in [6.07, 6.45) is 10.3. The largest absolute Gasteiger partial charge is 0.392 e. The van der Waals surface area contributed by atoms with Crippen LogP contribution in [0.25, 0.3) is 5.57 Å². The molecule has 29 heavy (non-hydrogen) atoms. The predicted octanol–water partition coefficient (Wildman–Crippen LogP) is 5.42. The van der Waals surface area contributed by atoms with Crippen molar-refractivity contribution in [1.29, 1.82) is 0 Å². The minimum absolute atomic E-state index is 0.0427. The lowest BCUT2D eigenvalue weighted by molar-refractivity contribution is 0.0828. The van der Waals surface area contributed by atoms with Gasteiger partial charge in [0.2, 0.25) is 0 Å². The average Bonchev–Trinajstić information content (AvgIpc) is 3.23. The molecular weight excluding hydrogens is 380 g/mol. The zero-order chi connectivity index (χ0) is 21.3. The van der Waals surface area contributed by atoms with Crippen molar-refractivity contribution in [2.75, 3.05) is 0 Å². The van der Waals surface area contributed by atoms with E-state index in [4.69, 9.17) is 0 Å². The third-order valence-electron chi connectivity index (χ3n) is 5.56. The molecule has 3 nitrogen and oxygen atoms in total. The Hall–Kier alpha value is -1.72. The molecule has 1 aromatic heterocycles.